The molecule has 192 valence electrons. The third-order valence-corrected chi connectivity index (χ3v) is 14.7. The molecule has 0 aromatic heterocycles. The number of hydrogen-bond donors (Lipinski definition) is 0. The Bertz CT molecular complexity index is 838. The van der Waals surface area contributed by atoms with Crippen molar-refractivity contribution in [2.45, 2.75) is 119 Å². The first-order valence-corrected chi connectivity index (χ1v) is 17.5. The molecule has 3 heteroatoms. The second-order valence-corrected chi connectivity index (χ2v) is 16.4. The molecule has 35 heavy (non-hydrogen) atoms. The number of rotatable bonds is 8. The van der Waals surface area contributed by atoms with Gasteiger partial charge in [-0.15, -0.1) is 0 Å². The van der Waals surface area contributed by atoms with Crippen molar-refractivity contribution in [3.05, 3.63) is 53.4 Å². The number of nitrogens with zero attached hydrogens (tertiary/aromatic N) is 1. The van der Waals surface area contributed by atoms with E-state index in [1.54, 1.807) is 10.9 Å². The van der Waals surface area contributed by atoms with Crippen LogP contribution in [0.3, 0.4) is 0 Å². The van der Waals surface area contributed by atoms with Crippen LogP contribution in [0.4, 0.5) is 0 Å². The average Bonchev–Trinajstić information content (AvgIpc) is 3.36. The molecule has 0 saturated heterocycles. The normalized spacial score (nSPS) is 26.3. The molecule has 0 N–H and O–H groups in total. The van der Waals surface area contributed by atoms with E-state index in [1.807, 2.05) is 5.31 Å². The maximum Gasteiger partial charge on any atom is 0.0451 e. The minimum atomic E-state index is -0.0368. The zero-order valence-electron chi connectivity index (χ0n) is 22.4. The standard InChI is InChI=1S/C32H49NP2/c1-33(2)32(28-21-12-13-23-30(28)34-25-15-6-3-7-16-25)29-22-14-24-31(29)35(26-17-8-4-9-18-26)27-19-10-5-11-20-27/h12-14,21-27,29,32,34H,3-11,15-20H2,1-2H3. The highest BCUT2D eigenvalue weighted by Gasteiger charge is 2.40. The number of allylic oxidation sites excluding steroid dienone is 2. The Labute approximate surface area is 219 Å². The third kappa shape index (κ3) is 6.33. The lowest BCUT2D eigenvalue weighted by Crippen LogP contribution is -2.32. The molecule has 0 spiro atoms. The first-order chi connectivity index (χ1) is 17.2. The third-order valence-electron chi connectivity index (χ3n) is 9.30. The van der Waals surface area contributed by atoms with Crippen LogP contribution in [0, 0.1) is 5.92 Å². The molecule has 3 unspecified atom stereocenters. The van der Waals surface area contributed by atoms with Crippen LogP contribution in [0.5, 0.6) is 0 Å². The fourth-order valence-corrected chi connectivity index (χ4v) is 13.4. The van der Waals surface area contributed by atoms with Gasteiger partial charge in [-0.3, -0.25) is 0 Å². The SMILES string of the molecule is CN(C)C(c1ccccc1PC1CCCCC1)C1C=CC=C1P(C1CCCCC1)C1CCCCC1. The molecule has 0 radical (unpaired) electrons. The molecule has 5 rings (SSSR count). The first-order valence-electron chi connectivity index (χ1n) is 14.9. The van der Waals surface area contributed by atoms with Crippen molar-refractivity contribution in [3.63, 3.8) is 0 Å². The van der Waals surface area contributed by atoms with Crippen LogP contribution in [-0.2, 0) is 0 Å². The van der Waals surface area contributed by atoms with E-state index in [-0.39, 0.29) is 7.92 Å². The molecule has 1 aromatic rings. The van der Waals surface area contributed by atoms with Gasteiger partial charge in [0.05, 0.1) is 0 Å². The van der Waals surface area contributed by atoms with E-state index >= 15 is 0 Å². The molecule has 1 aromatic carbocycles. The predicted molar refractivity (Wildman–Crippen MR) is 159 cm³/mol. The number of hydrogen-bond acceptors (Lipinski definition) is 1. The quantitative estimate of drug-likeness (QED) is 0.316. The minimum Gasteiger partial charge on any atom is -0.301 e. The topological polar surface area (TPSA) is 3.24 Å². The lowest BCUT2D eigenvalue weighted by atomic mass is 9.93. The minimum absolute atomic E-state index is 0.0368. The summed E-state index contributed by atoms with van der Waals surface area (Å²) in [5.74, 6) is 0.567. The molecule has 0 heterocycles. The van der Waals surface area contributed by atoms with Crippen molar-refractivity contribution < 1.29 is 0 Å². The van der Waals surface area contributed by atoms with Crippen LogP contribution in [0.15, 0.2) is 47.8 Å². The van der Waals surface area contributed by atoms with E-state index < -0.39 is 0 Å². The summed E-state index contributed by atoms with van der Waals surface area (Å²) in [6.07, 6.45) is 29.7. The van der Waals surface area contributed by atoms with Crippen molar-refractivity contribution >= 4 is 21.8 Å². The van der Waals surface area contributed by atoms with Gasteiger partial charge in [0.1, 0.15) is 0 Å². The Balaban J connectivity index is 1.44. The molecule has 3 fully saturated rings. The largest absolute Gasteiger partial charge is 0.301 e. The number of benzene rings is 1. The molecule has 0 bridgehead atoms. The van der Waals surface area contributed by atoms with Crippen molar-refractivity contribution in [1.29, 1.82) is 0 Å². The molecular weight excluding hydrogens is 460 g/mol. The zero-order chi connectivity index (χ0) is 24.0. The van der Waals surface area contributed by atoms with Gasteiger partial charge in [-0.05, 0) is 85.8 Å². The van der Waals surface area contributed by atoms with E-state index in [0.29, 0.717) is 12.0 Å². The second kappa shape index (κ2) is 12.9. The van der Waals surface area contributed by atoms with Crippen LogP contribution in [0.2, 0.25) is 0 Å². The van der Waals surface area contributed by atoms with Gasteiger partial charge >= 0.3 is 0 Å². The molecule has 0 aliphatic heterocycles. The van der Waals surface area contributed by atoms with E-state index in [1.165, 1.54) is 96.3 Å². The van der Waals surface area contributed by atoms with Crippen LogP contribution in [-0.4, -0.2) is 36.0 Å². The molecule has 4 aliphatic rings. The highest BCUT2D eigenvalue weighted by atomic mass is 31.1. The monoisotopic (exact) mass is 509 g/mol. The molecule has 3 atom stereocenters. The zero-order valence-corrected chi connectivity index (χ0v) is 24.3. The van der Waals surface area contributed by atoms with Gasteiger partial charge in [0, 0.05) is 12.0 Å². The Kier molecular flexibility index (Phi) is 9.60. The lowest BCUT2D eigenvalue weighted by molar-refractivity contribution is 0.266. The summed E-state index contributed by atoms with van der Waals surface area (Å²) in [5, 5.41) is 3.53. The van der Waals surface area contributed by atoms with Crippen molar-refractivity contribution in [2.24, 2.45) is 5.92 Å². The highest BCUT2D eigenvalue weighted by molar-refractivity contribution is 7.63. The van der Waals surface area contributed by atoms with Crippen molar-refractivity contribution in [3.8, 4) is 0 Å². The van der Waals surface area contributed by atoms with E-state index in [4.69, 9.17) is 0 Å². The summed E-state index contributed by atoms with van der Waals surface area (Å²) in [6.45, 7) is 0. The smallest absolute Gasteiger partial charge is 0.0451 e. The summed E-state index contributed by atoms with van der Waals surface area (Å²) in [5.41, 5.74) is 4.52. The van der Waals surface area contributed by atoms with Gasteiger partial charge in [-0.1, -0.05) is 117 Å². The molecule has 4 aliphatic carbocycles. The Morgan fingerprint density at radius 2 is 1.34 bits per heavy atom. The van der Waals surface area contributed by atoms with Gasteiger partial charge in [0.15, 0.2) is 0 Å². The van der Waals surface area contributed by atoms with Crippen LogP contribution >= 0.6 is 16.5 Å². The van der Waals surface area contributed by atoms with Gasteiger partial charge in [0.25, 0.3) is 0 Å². The molecular formula is C32H49NP2. The average molecular weight is 510 g/mol. The maximum absolute atomic E-state index is 2.61. The maximum atomic E-state index is 2.61. The summed E-state index contributed by atoms with van der Waals surface area (Å²) >= 11 is 0. The fourth-order valence-electron chi connectivity index (χ4n) is 7.59. The molecule has 1 nitrogen and oxygen atoms in total. The Hall–Kier alpha value is -0.480. The van der Waals surface area contributed by atoms with Crippen LogP contribution < -0.4 is 5.30 Å². The molecule has 0 amide bonds. The fraction of sp³-hybridized carbons (Fsp3) is 0.688. The van der Waals surface area contributed by atoms with Crippen LogP contribution in [0.25, 0.3) is 0 Å². The highest BCUT2D eigenvalue weighted by Crippen LogP contribution is 2.65. The van der Waals surface area contributed by atoms with Crippen molar-refractivity contribution in [1.82, 2.24) is 4.90 Å². The summed E-state index contributed by atoms with van der Waals surface area (Å²) in [7, 11) is 5.64. The second-order valence-electron chi connectivity index (χ2n) is 12.0. The molecule has 3 saturated carbocycles. The summed E-state index contributed by atoms with van der Waals surface area (Å²) < 4.78 is 0. The van der Waals surface area contributed by atoms with Crippen molar-refractivity contribution in [2.75, 3.05) is 14.1 Å². The van der Waals surface area contributed by atoms with Gasteiger partial charge < -0.3 is 4.90 Å². The summed E-state index contributed by atoms with van der Waals surface area (Å²) in [6, 6.07) is 10.1. The van der Waals surface area contributed by atoms with Crippen LogP contribution in [0.1, 0.15) is 108 Å². The first kappa shape index (κ1) is 26.1. The predicted octanol–water partition coefficient (Wildman–Crippen LogP) is 9.14. The Morgan fingerprint density at radius 1 is 0.771 bits per heavy atom. The van der Waals surface area contributed by atoms with Gasteiger partial charge in [-0.25, -0.2) is 0 Å². The van der Waals surface area contributed by atoms with Gasteiger partial charge in [0.2, 0.25) is 0 Å². The van der Waals surface area contributed by atoms with E-state index in [9.17, 15) is 0 Å². The van der Waals surface area contributed by atoms with Gasteiger partial charge in [-0.2, -0.15) is 0 Å². The summed E-state index contributed by atoms with van der Waals surface area (Å²) in [4.78, 5) is 2.56. The Morgan fingerprint density at radius 3 is 1.94 bits per heavy atom. The lowest BCUT2D eigenvalue weighted by Gasteiger charge is -2.43. The van der Waals surface area contributed by atoms with E-state index in [0.717, 1.165) is 25.6 Å². The van der Waals surface area contributed by atoms with E-state index in [2.05, 4.69) is 61.5 Å².